The van der Waals surface area contributed by atoms with Gasteiger partial charge in [-0.1, -0.05) is 11.2 Å². The number of fused-ring (bicyclic) bond motifs is 1. The lowest BCUT2D eigenvalue weighted by molar-refractivity contribution is -0.136. The molecule has 1 amide bonds. The third-order valence-electron chi connectivity index (χ3n) is 5.20. The van der Waals surface area contributed by atoms with E-state index in [4.69, 9.17) is 4.52 Å². The quantitative estimate of drug-likeness (QED) is 0.747. The SMILES string of the molecule is Cc1cc(CC(=O)N2CCN(Cc3ccccn3)[C@@H]3CS(=O)(=O)C[C@@H]32)on1. The number of hydrogen-bond acceptors (Lipinski definition) is 7. The molecule has 0 aromatic carbocycles. The van der Waals surface area contributed by atoms with E-state index in [2.05, 4.69) is 15.0 Å². The minimum absolute atomic E-state index is 0.0115. The average molecular weight is 390 g/mol. The first-order chi connectivity index (χ1) is 12.9. The lowest BCUT2D eigenvalue weighted by Crippen LogP contribution is -2.60. The molecule has 4 rings (SSSR count). The van der Waals surface area contributed by atoms with Crippen molar-refractivity contribution in [3.63, 3.8) is 0 Å². The highest BCUT2D eigenvalue weighted by molar-refractivity contribution is 7.91. The van der Waals surface area contributed by atoms with Crippen LogP contribution in [0.25, 0.3) is 0 Å². The van der Waals surface area contributed by atoms with Gasteiger partial charge in [0.2, 0.25) is 5.91 Å². The number of carbonyl (C=O) groups excluding carboxylic acids is 1. The van der Waals surface area contributed by atoms with Crippen LogP contribution in [0.2, 0.25) is 0 Å². The Morgan fingerprint density at radius 2 is 2.07 bits per heavy atom. The van der Waals surface area contributed by atoms with Crippen LogP contribution in [0.15, 0.2) is 35.0 Å². The van der Waals surface area contributed by atoms with Crippen molar-refractivity contribution in [1.82, 2.24) is 19.9 Å². The van der Waals surface area contributed by atoms with E-state index in [1.807, 2.05) is 18.2 Å². The van der Waals surface area contributed by atoms with Gasteiger partial charge in [-0.05, 0) is 19.1 Å². The summed E-state index contributed by atoms with van der Waals surface area (Å²) in [5.74, 6) is 0.481. The lowest BCUT2D eigenvalue weighted by Gasteiger charge is -2.43. The molecule has 2 aliphatic heterocycles. The van der Waals surface area contributed by atoms with Gasteiger partial charge in [0.15, 0.2) is 9.84 Å². The maximum atomic E-state index is 12.8. The summed E-state index contributed by atoms with van der Waals surface area (Å²) in [5, 5.41) is 3.81. The molecule has 2 aliphatic rings. The van der Waals surface area contributed by atoms with Crippen LogP contribution >= 0.6 is 0 Å². The van der Waals surface area contributed by atoms with Crippen molar-refractivity contribution in [3.05, 3.63) is 47.6 Å². The molecule has 0 saturated carbocycles. The fourth-order valence-electron chi connectivity index (χ4n) is 3.98. The third kappa shape index (κ3) is 3.89. The molecule has 0 N–H and O–H groups in total. The fraction of sp³-hybridized carbons (Fsp3) is 0.500. The molecule has 0 aliphatic carbocycles. The Morgan fingerprint density at radius 3 is 2.78 bits per heavy atom. The van der Waals surface area contributed by atoms with E-state index in [0.29, 0.717) is 25.4 Å². The molecule has 2 aromatic heterocycles. The summed E-state index contributed by atoms with van der Waals surface area (Å²) in [4.78, 5) is 21.0. The Balaban J connectivity index is 1.52. The van der Waals surface area contributed by atoms with Gasteiger partial charge in [0.1, 0.15) is 5.76 Å². The molecule has 0 radical (unpaired) electrons. The molecule has 8 nitrogen and oxygen atoms in total. The summed E-state index contributed by atoms with van der Waals surface area (Å²) in [5.41, 5.74) is 1.62. The number of piperazine rings is 1. The molecular formula is C18H22N4O4S. The second-order valence-electron chi connectivity index (χ2n) is 7.20. The number of aromatic nitrogens is 2. The predicted octanol–water partition coefficient (Wildman–Crippen LogP) is 0.431. The third-order valence-corrected chi connectivity index (χ3v) is 6.90. The largest absolute Gasteiger partial charge is 0.361 e. The molecule has 4 heterocycles. The van der Waals surface area contributed by atoms with E-state index in [-0.39, 0.29) is 35.9 Å². The highest BCUT2D eigenvalue weighted by atomic mass is 32.2. The van der Waals surface area contributed by atoms with Crippen LogP contribution in [0.4, 0.5) is 0 Å². The zero-order chi connectivity index (χ0) is 19.0. The summed E-state index contributed by atoms with van der Waals surface area (Å²) < 4.78 is 29.8. The number of rotatable bonds is 4. The van der Waals surface area contributed by atoms with Crippen LogP contribution in [0.3, 0.4) is 0 Å². The Bertz CT molecular complexity index is 928. The number of aryl methyl sites for hydroxylation is 1. The molecule has 0 bridgehead atoms. The van der Waals surface area contributed by atoms with E-state index in [1.165, 1.54) is 0 Å². The minimum Gasteiger partial charge on any atom is -0.361 e. The average Bonchev–Trinajstić information content (AvgIpc) is 3.17. The van der Waals surface area contributed by atoms with Gasteiger partial charge in [0.05, 0.1) is 35.4 Å². The Hall–Kier alpha value is -2.26. The van der Waals surface area contributed by atoms with E-state index in [9.17, 15) is 13.2 Å². The summed E-state index contributed by atoms with van der Waals surface area (Å²) in [6.07, 6.45) is 1.84. The molecule has 2 saturated heterocycles. The molecule has 9 heteroatoms. The molecule has 144 valence electrons. The fourth-order valence-corrected chi connectivity index (χ4v) is 5.99. The predicted molar refractivity (Wildman–Crippen MR) is 97.5 cm³/mol. The van der Waals surface area contributed by atoms with Crippen molar-refractivity contribution in [2.45, 2.75) is 32.0 Å². The first-order valence-electron chi connectivity index (χ1n) is 8.97. The topological polar surface area (TPSA) is 96.6 Å². The zero-order valence-corrected chi connectivity index (χ0v) is 15.9. The zero-order valence-electron chi connectivity index (χ0n) is 15.1. The van der Waals surface area contributed by atoms with Crippen molar-refractivity contribution in [2.75, 3.05) is 24.6 Å². The van der Waals surface area contributed by atoms with Crippen LogP contribution in [0, 0.1) is 6.92 Å². The number of pyridine rings is 1. The molecule has 2 aromatic rings. The molecule has 2 fully saturated rings. The van der Waals surface area contributed by atoms with Crippen molar-refractivity contribution in [1.29, 1.82) is 0 Å². The number of nitrogens with zero attached hydrogens (tertiary/aromatic N) is 4. The van der Waals surface area contributed by atoms with E-state index in [0.717, 1.165) is 11.4 Å². The molecular weight excluding hydrogens is 368 g/mol. The van der Waals surface area contributed by atoms with Crippen molar-refractivity contribution in [3.8, 4) is 0 Å². The summed E-state index contributed by atoms with van der Waals surface area (Å²) >= 11 is 0. The van der Waals surface area contributed by atoms with E-state index >= 15 is 0 Å². The van der Waals surface area contributed by atoms with Crippen LogP contribution < -0.4 is 0 Å². The van der Waals surface area contributed by atoms with Gasteiger partial charge < -0.3 is 9.42 Å². The van der Waals surface area contributed by atoms with Gasteiger partial charge in [0, 0.05) is 37.9 Å². The van der Waals surface area contributed by atoms with E-state index in [1.54, 1.807) is 24.1 Å². The number of carbonyl (C=O) groups is 1. The second-order valence-corrected chi connectivity index (χ2v) is 9.36. The highest BCUT2D eigenvalue weighted by Crippen LogP contribution is 2.28. The maximum absolute atomic E-state index is 12.8. The number of hydrogen-bond donors (Lipinski definition) is 0. The van der Waals surface area contributed by atoms with Crippen LogP contribution in [0.1, 0.15) is 17.1 Å². The van der Waals surface area contributed by atoms with Crippen LogP contribution in [-0.2, 0) is 27.6 Å². The van der Waals surface area contributed by atoms with Gasteiger partial charge >= 0.3 is 0 Å². The first kappa shape index (κ1) is 18.1. The van der Waals surface area contributed by atoms with Crippen molar-refractivity contribution >= 4 is 15.7 Å². The minimum atomic E-state index is -3.18. The first-order valence-corrected chi connectivity index (χ1v) is 10.8. The van der Waals surface area contributed by atoms with Gasteiger partial charge in [0.25, 0.3) is 0 Å². The molecule has 27 heavy (non-hydrogen) atoms. The standard InChI is InChI=1S/C18H22N4O4S/c1-13-8-15(26-20-13)9-18(23)22-7-6-21(10-14-4-2-3-5-19-14)16-11-27(24,25)12-17(16)22/h2-5,8,16-17H,6-7,9-12H2,1H3/t16-,17+/m1/s1. The molecule has 0 unspecified atom stereocenters. The van der Waals surface area contributed by atoms with Gasteiger partial charge in [-0.2, -0.15) is 0 Å². The molecule has 2 atom stereocenters. The Morgan fingerprint density at radius 1 is 1.26 bits per heavy atom. The Labute approximate surface area is 158 Å². The van der Waals surface area contributed by atoms with Gasteiger partial charge in [-0.3, -0.25) is 14.7 Å². The van der Waals surface area contributed by atoms with Gasteiger partial charge in [-0.15, -0.1) is 0 Å². The van der Waals surface area contributed by atoms with Crippen LogP contribution in [-0.4, -0.2) is 70.9 Å². The number of amides is 1. The summed E-state index contributed by atoms with van der Waals surface area (Å²) in [6, 6.07) is 6.91. The van der Waals surface area contributed by atoms with E-state index < -0.39 is 9.84 Å². The Kier molecular flexibility index (Phi) is 4.73. The highest BCUT2D eigenvalue weighted by Gasteiger charge is 2.48. The molecule has 0 spiro atoms. The van der Waals surface area contributed by atoms with Crippen molar-refractivity contribution < 1.29 is 17.7 Å². The van der Waals surface area contributed by atoms with Crippen molar-refractivity contribution in [2.24, 2.45) is 0 Å². The normalized spacial score (nSPS) is 24.7. The monoisotopic (exact) mass is 390 g/mol. The smallest absolute Gasteiger partial charge is 0.230 e. The second kappa shape index (κ2) is 7.05. The maximum Gasteiger partial charge on any atom is 0.230 e. The van der Waals surface area contributed by atoms with Crippen LogP contribution in [0.5, 0.6) is 0 Å². The summed E-state index contributed by atoms with van der Waals surface area (Å²) in [7, 11) is -3.18. The summed E-state index contributed by atoms with van der Waals surface area (Å²) in [6.45, 7) is 3.50. The number of sulfone groups is 1. The lowest BCUT2D eigenvalue weighted by atomic mass is 10.0. The van der Waals surface area contributed by atoms with Gasteiger partial charge in [-0.25, -0.2) is 8.42 Å².